The van der Waals surface area contributed by atoms with E-state index in [1.807, 2.05) is 0 Å². The summed E-state index contributed by atoms with van der Waals surface area (Å²) in [6.45, 7) is 35.0. The summed E-state index contributed by atoms with van der Waals surface area (Å²) in [4.78, 5) is 313. The molecule has 1 aromatic carbocycles. The lowest BCUT2D eigenvalue weighted by Crippen LogP contribution is -2.67. The van der Waals surface area contributed by atoms with Gasteiger partial charge in [-0.2, -0.15) is 0 Å². The van der Waals surface area contributed by atoms with E-state index in [-0.39, 0.29) is 51.0 Å². The van der Waals surface area contributed by atoms with Gasteiger partial charge < -0.3 is 128 Å². The van der Waals surface area contributed by atoms with E-state index >= 15 is 0 Å². The highest BCUT2D eigenvalue weighted by Gasteiger charge is 2.48. The van der Waals surface area contributed by atoms with Crippen molar-refractivity contribution < 1.29 is 115 Å². The molecule has 0 aromatic heterocycles. The highest BCUT2D eigenvalue weighted by Crippen LogP contribution is 2.25. The van der Waals surface area contributed by atoms with Crippen LogP contribution in [0, 0.1) is 17.8 Å². The Labute approximate surface area is 805 Å². The fourth-order valence-corrected chi connectivity index (χ4v) is 13.8. The zero-order valence-electron chi connectivity index (χ0n) is 84.4. The van der Waals surface area contributed by atoms with Gasteiger partial charge in [-0.3, -0.25) is 110 Å². The number of benzene rings is 1. The van der Waals surface area contributed by atoms with Gasteiger partial charge in [0, 0.05) is 32.7 Å². The molecule has 26 N–H and O–H groups in total. The minimum absolute atomic E-state index is 0.00595. The van der Waals surface area contributed by atoms with Crippen LogP contribution in [0.25, 0.3) is 0 Å². The van der Waals surface area contributed by atoms with E-state index in [1.54, 1.807) is 71.9 Å². The molecule has 0 spiro atoms. The molecule has 47 heteroatoms. The number of carbonyl (C=O) groups is 23. The first-order valence-corrected chi connectivity index (χ1v) is 45.9. The van der Waals surface area contributed by atoms with Crippen LogP contribution in [0.5, 0.6) is 0 Å². The van der Waals surface area contributed by atoms with Gasteiger partial charge in [0.2, 0.25) is 136 Å². The van der Waals surface area contributed by atoms with Gasteiger partial charge in [-0.05, 0) is 199 Å². The zero-order valence-corrected chi connectivity index (χ0v) is 84.4. The number of nitrogens with one attached hydrogen (secondary N) is 19. The van der Waals surface area contributed by atoms with Crippen molar-refractivity contribution in [2.24, 2.45) is 35.0 Å². The standard InChI is InChI=1S/C91H151N23O24/c1-27-91(26,82(137)103-56(36-39-61(93)118)70(125)101-55(35-38-60(92)117)69(124)99-54(45-115)43-53-32-29-28-30-33-53)113-81(136)89(22,23)111-74(129)64(47(4)5)104-73(128)59-34-31-41-114(59)83(138)90(24,25)109-72(127)58(42-46(2)3)100-63(120)44-95-76(131)84(12,13)110-75(130)65(48(6)7)105-79(134)86(16,17)108-71(126)57(37-40-62(94)119)102-78(133)87(18,19)112-80(135)88(20,21)107-68(123)51(10)97-66(121)49(8)96-67(122)50(9)98-77(132)85(14,15)106-52(11)116/h28-30,32-33,46-51,54-59,64-65,115H,27,31,34-45H2,1-26H3,(H2,92,117)(H2,93,118)(H2,94,119)(H,95,131)(H,96,122)(H,97,121)(H,98,132)(H,99,124)(H,100,120)(H,101,125)(H,102,133)(H,103,137)(H,104,128)(H,105,134)(H,106,116)(H,107,123)(H,108,126)(H,109,127)(H,110,130)(H,111,129)(H,112,135)(H,113,136)/t49-,50-,51-,54-,55-,56-,57-,58-,59-,64-,65-,91-/m0/s1. The van der Waals surface area contributed by atoms with Crippen LogP contribution in [-0.2, 0) is 117 Å². The van der Waals surface area contributed by atoms with E-state index in [4.69, 9.17) is 17.2 Å². The monoisotopic (exact) mass is 1950 g/mol. The van der Waals surface area contributed by atoms with Gasteiger partial charge in [0.1, 0.15) is 105 Å². The van der Waals surface area contributed by atoms with Crippen LogP contribution in [0.3, 0.4) is 0 Å². The van der Waals surface area contributed by atoms with E-state index in [0.29, 0.717) is 6.42 Å². The lowest BCUT2D eigenvalue weighted by molar-refractivity contribution is -0.146. The Morgan fingerprint density at radius 2 is 0.775 bits per heavy atom. The van der Waals surface area contributed by atoms with Gasteiger partial charge in [0.25, 0.3) is 0 Å². The van der Waals surface area contributed by atoms with E-state index in [1.165, 1.54) is 143 Å². The van der Waals surface area contributed by atoms with Crippen LogP contribution in [0.4, 0.5) is 0 Å². The van der Waals surface area contributed by atoms with Crippen LogP contribution in [0.15, 0.2) is 30.3 Å². The van der Waals surface area contributed by atoms with Gasteiger partial charge in [-0.1, -0.05) is 78.8 Å². The summed E-state index contributed by atoms with van der Waals surface area (Å²) in [5, 5.41) is 58.3. The molecule has 1 heterocycles. The van der Waals surface area contributed by atoms with Crippen molar-refractivity contribution in [3.05, 3.63) is 35.9 Å². The maximum atomic E-state index is 14.6. The van der Waals surface area contributed by atoms with Crippen molar-refractivity contribution in [1.29, 1.82) is 0 Å². The van der Waals surface area contributed by atoms with Crippen molar-refractivity contribution in [3.63, 3.8) is 0 Å². The van der Waals surface area contributed by atoms with Crippen molar-refractivity contribution in [2.75, 3.05) is 19.7 Å². The average molecular weight is 1950 g/mol. The molecule has 47 nitrogen and oxygen atoms in total. The summed E-state index contributed by atoms with van der Waals surface area (Å²) in [5.74, 6) is -21.3. The number of carbonyl (C=O) groups excluding carboxylic acids is 23. The molecule has 23 amide bonds. The van der Waals surface area contributed by atoms with Crippen LogP contribution in [-0.4, -0.2) is 276 Å². The molecule has 138 heavy (non-hydrogen) atoms. The number of primary amides is 3. The molecule has 0 bridgehead atoms. The molecule has 0 saturated carbocycles. The molecule has 0 radical (unpaired) electrons. The molecule has 0 unspecified atom stereocenters. The Morgan fingerprint density at radius 1 is 0.391 bits per heavy atom. The summed E-state index contributed by atoms with van der Waals surface area (Å²) < 4.78 is 0. The fraction of sp³-hybridized carbons (Fsp3) is 0.681. The summed E-state index contributed by atoms with van der Waals surface area (Å²) in [6, 6.07) is -5.63. The predicted molar refractivity (Wildman–Crippen MR) is 504 cm³/mol. The van der Waals surface area contributed by atoms with Crippen LogP contribution < -0.4 is 118 Å². The van der Waals surface area contributed by atoms with Gasteiger partial charge in [0.15, 0.2) is 0 Å². The summed E-state index contributed by atoms with van der Waals surface area (Å²) in [6.07, 6.45) is -1.92. The third-order valence-corrected chi connectivity index (χ3v) is 22.8. The second-order valence-corrected chi connectivity index (χ2v) is 40.0. The number of nitrogens with two attached hydrogens (primary N) is 3. The minimum atomic E-state index is -1.92. The Bertz CT molecular complexity index is 4630. The first-order chi connectivity index (χ1) is 63.2. The Morgan fingerprint density at radius 3 is 1.25 bits per heavy atom. The Hall–Kier alpha value is -13.0. The molecule has 0 aliphatic carbocycles. The number of hydrogen-bond acceptors (Lipinski definition) is 24. The van der Waals surface area contributed by atoms with Gasteiger partial charge in [-0.15, -0.1) is 0 Å². The van der Waals surface area contributed by atoms with Crippen molar-refractivity contribution in [2.45, 2.75) is 361 Å². The molecular weight excluding hydrogens is 1800 g/mol. The number of likely N-dealkylation sites (tertiary alicyclic amines) is 1. The summed E-state index contributed by atoms with van der Waals surface area (Å²) in [5.41, 5.74) is 2.78. The highest BCUT2D eigenvalue weighted by atomic mass is 16.3. The van der Waals surface area contributed by atoms with E-state index in [0.717, 1.165) is 5.56 Å². The number of aliphatic hydroxyl groups is 1. The second kappa shape index (κ2) is 52.0. The maximum absolute atomic E-state index is 14.6. The second-order valence-electron chi connectivity index (χ2n) is 40.0. The number of aliphatic hydroxyl groups excluding tert-OH is 1. The molecular formula is C91H151N23O24. The largest absolute Gasteiger partial charge is 0.394 e. The predicted octanol–water partition coefficient (Wildman–Crippen LogP) is -5.04. The van der Waals surface area contributed by atoms with Gasteiger partial charge in [-0.25, -0.2) is 0 Å². The fourth-order valence-electron chi connectivity index (χ4n) is 13.8. The maximum Gasteiger partial charge on any atom is 0.248 e. The Kier molecular flexibility index (Phi) is 45.6. The van der Waals surface area contributed by atoms with E-state index < -0.39 is 297 Å². The Balaban J connectivity index is 2.19. The van der Waals surface area contributed by atoms with Crippen LogP contribution in [0.2, 0.25) is 0 Å². The zero-order chi connectivity index (χ0) is 106. The van der Waals surface area contributed by atoms with Crippen molar-refractivity contribution >= 4 is 136 Å². The summed E-state index contributed by atoms with van der Waals surface area (Å²) >= 11 is 0. The van der Waals surface area contributed by atoms with E-state index in [2.05, 4.69) is 101 Å². The molecule has 1 fully saturated rings. The number of hydrogen-bond donors (Lipinski definition) is 23. The molecule has 1 saturated heterocycles. The third-order valence-electron chi connectivity index (χ3n) is 22.8. The molecule has 1 aromatic rings. The molecule has 774 valence electrons. The first kappa shape index (κ1) is 121. The number of amides is 23. The van der Waals surface area contributed by atoms with Crippen LogP contribution in [0.1, 0.15) is 250 Å². The van der Waals surface area contributed by atoms with E-state index in [9.17, 15) is 115 Å². The lowest BCUT2D eigenvalue weighted by Gasteiger charge is -2.36. The van der Waals surface area contributed by atoms with Crippen molar-refractivity contribution in [3.8, 4) is 0 Å². The van der Waals surface area contributed by atoms with Crippen LogP contribution >= 0.6 is 0 Å². The molecule has 1 aliphatic rings. The highest BCUT2D eigenvalue weighted by molar-refractivity contribution is 6.05. The lowest BCUT2D eigenvalue weighted by atomic mass is 9.93. The van der Waals surface area contributed by atoms with Gasteiger partial charge in [0.05, 0.1) is 19.2 Å². The number of rotatable bonds is 55. The SMILES string of the molecule is CC[C@](C)(NC(=O)C(C)(C)NC(=O)[C@@H](NC(=O)[C@@H]1CCCN1C(=O)C(C)(C)NC(=O)[C@H](CC(C)C)NC(=O)CNC(=O)C(C)(C)NC(=O)[C@@H](NC(=O)C(C)(C)NC(=O)[C@H](CCC(N)=O)NC(=O)C(C)(C)NC(=O)C(C)(C)NC(=O)[C@H](C)NC(=O)[C@H](C)NC(=O)[C@H](C)NC(=O)C(C)(C)NC(C)=O)C(C)C)C(C)C)C(=O)N[C@@H](CCC(N)=O)C(=O)N[C@@H](CCC(N)=O)C(=O)N[C@H](CO)Cc1ccccc1. The normalized spacial score (nSPS) is 15.6. The minimum Gasteiger partial charge on any atom is -0.394 e. The topological polar surface area (TPSA) is 723 Å². The summed E-state index contributed by atoms with van der Waals surface area (Å²) in [7, 11) is 0. The molecule has 2 rings (SSSR count). The molecule has 1 aliphatic heterocycles. The average Bonchev–Trinajstić information content (AvgIpc) is 1.54. The van der Waals surface area contributed by atoms with Crippen molar-refractivity contribution in [1.82, 2.24) is 106 Å². The third kappa shape index (κ3) is 38.5. The molecule has 12 atom stereocenters. The smallest absolute Gasteiger partial charge is 0.248 e. The quantitative estimate of drug-likeness (QED) is 0.0290. The number of nitrogens with zero attached hydrogens (tertiary/aromatic N) is 1. The van der Waals surface area contributed by atoms with Gasteiger partial charge >= 0.3 is 0 Å². The first-order valence-electron chi connectivity index (χ1n) is 45.9.